The van der Waals surface area contributed by atoms with Crippen LogP contribution in [-0.4, -0.2) is 27.6 Å². The second kappa shape index (κ2) is 7.96. The minimum absolute atomic E-state index is 0.0867. The number of anilines is 2. The second-order valence-corrected chi connectivity index (χ2v) is 7.17. The zero-order valence-corrected chi connectivity index (χ0v) is 17.0. The second-order valence-electron chi connectivity index (χ2n) is 7.17. The Kier molecular flexibility index (Phi) is 5.14. The molecule has 0 fully saturated rings. The van der Waals surface area contributed by atoms with Crippen molar-refractivity contribution in [2.24, 2.45) is 0 Å². The summed E-state index contributed by atoms with van der Waals surface area (Å²) in [4.78, 5) is 60.3. The number of fused-ring (bicyclic) bond motifs is 1. The van der Waals surface area contributed by atoms with Crippen LogP contribution in [0.5, 0.6) is 0 Å². The van der Waals surface area contributed by atoms with E-state index in [1.807, 2.05) is 0 Å². The van der Waals surface area contributed by atoms with Crippen molar-refractivity contribution in [2.45, 2.75) is 6.92 Å². The SMILES string of the molecule is Cc1cccc(NC(=O)c2cc([N+](=O)[O-])cc([N+](=O)[O-])c2)c1N1C(=O)c2ccccc2C1=O. The normalized spacial score (nSPS) is 12.5. The number of rotatable bonds is 5. The Hall–Kier alpha value is -4.93. The van der Waals surface area contributed by atoms with Crippen LogP contribution in [0.25, 0.3) is 0 Å². The Balaban J connectivity index is 1.75. The molecule has 0 radical (unpaired) electrons. The number of benzene rings is 3. The van der Waals surface area contributed by atoms with Gasteiger partial charge in [-0.15, -0.1) is 0 Å². The van der Waals surface area contributed by atoms with Gasteiger partial charge in [0.15, 0.2) is 0 Å². The predicted molar refractivity (Wildman–Crippen MR) is 116 cm³/mol. The highest BCUT2D eigenvalue weighted by atomic mass is 16.6. The molecule has 1 N–H and O–H groups in total. The number of hydrogen-bond acceptors (Lipinski definition) is 7. The van der Waals surface area contributed by atoms with Crippen molar-refractivity contribution in [3.05, 3.63) is 103 Å². The van der Waals surface area contributed by atoms with Crippen molar-refractivity contribution in [1.82, 2.24) is 0 Å². The number of nitrogens with zero attached hydrogens (tertiary/aromatic N) is 3. The highest BCUT2D eigenvalue weighted by Crippen LogP contribution is 2.36. The van der Waals surface area contributed by atoms with Gasteiger partial charge in [-0.1, -0.05) is 24.3 Å². The minimum Gasteiger partial charge on any atom is -0.320 e. The maximum atomic E-state index is 12.9. The van der Waals surface area contributed by atoms with Crippen LogP contribution in [0.15, 0.2) is 60.7 Å². The van der Waals surface area contributed by atoms with Crippen LogP contribution < -0.4 is 10.2 Å². The number of nitro benzene ring substituents is 2. The first-order valence-corrected chi connectivity index (χ1v) is 9.51. The van der Waals surface area contributed by atoms with E-state index in [2.05, 4.69) is 5.32 Å². The van der Waals surface area contributed by atoms with Crippen LogP contribution in [0, 0.1) is 27.2 Å². The van der Waals surface area contributed by atoms with Gasteiger partial charge in [0.1, 0.15) is 0 Å². The van der Waals surface area contributed by atoms with E-state index in [1.54, 1.807) is 31.2 Å². The molecular formula is C22H14N4O7. The van der Waals surface area contributed by atoms with E-state index in [1.165, 1.54) is 18.2 Å². The zero-order valence-electron chi connectivity index (χ0n) is 17.0. The lowest BCUT2D eigenvalue weighted by Crippen LogP contribution is -2.31. The quantitative estimate of drug-likeness (QED) is 0.355. The van der Waals surface area contributed by atoms with Gasteiger partial charge in [0, 0.05) is 12.1 Å². The Morgan fingerprint density at radius 1 is 0.848 bits per heavy atom. The largest absolute Gasteiger partial charge is 0.320 e. The Morgan fingerprint density at radius 2 is 1.39 bits per heavy atom. The summed E-state index contributed by atoms with van der Waals surface area (Å²) in [6.07, 6.45) is 0. The van der Waals surface area contributed by atoms with Crippen LogP contribution in [0.1, 0.15) is 36.6 Å². The summed E-state index contributed by atoms with van der Waals surface area (Å²) >= 11 is 0. The average Bonchev–Trinajstić information content (AvgIpc) is 3.04. The van der Waals surface area contributed by atoms with Gasteiger partial charge in [0.05, 0.1) is 44.0 Å². The number of non-ortho nitro benzene ring substituents is 2. The van der Waals surface area contributed by atoms with Crippen molar-refractivity contribution in [3.63, 3.8) is 0 Å². The fourth-order valence-corrected chi connectivity index (χ4v) is 3.58. The molecule has 0 saturated carbocycles. The van der Waals surface area contributed by atoms with Gasteiger partial charge >= 0.3 is 0 Å². The standard InChI is InChI=1S/C22H14N4O7/c1-12-5-4-8-18(19(12)24-21(28)16-6-2-3-7-17(16)22(24)29)23-20(27)13-9-14(25(30)31)11-15(10-13)26(32)33/h2-11H,1H3,(H,23,27). The monoisotopic (exact) mass is 446 g/mol. The first kappa shape index (κ1) is 21.3. The predicted octanol–water partition coefficient (Wildman–Crippen LogP) is 3.86. The van der Waals surface area contributed by atoms with Gasteiger partial charge in [-0.25, -0.2) is 4.90 Å². The van der Waals surface area contributed by atoms with Gasteiger partial charge in [-0.3, -0.25) is 34.6 Å². The molecule has 0 spiro atoms. The molecular weight excluding hydrogens is 432 g/mol. The molecule has 11 heteroatoms. The molecule has 33 heavy (non-hydrogen) atoms. The molecule has 1 aliphatic heterocycles. The number of carbonyl (C=O) groups is 3. The summed E-state index contributed by atoms with van der Waals surface area (Å²) in [6.45, 7) is 1.65. The van der Waals surface area contributed by atoms with Gasteiger partial charge in [-0.05, 0) is 30.7 Å². The lowest BCUT2D eigenvalue weighted by Gasteiger charge is -2.21. The molecule has 1 aliphatic rings. The summed E-state index contributed by atoms with van der Waals surface area (Å²) in [6, 6.07) is 13.5. The molecule has 3 aromatic rings. The van der Waals surface area contributed by atoms with Crippen LogP contribution >= 0.6 is 0 Å². The summed E-state index contributed by atoms with van der Waals surface area (Å²) < 4.78 is 0. The van der Waals surface area contributed by atoms with Gasteiger partial charge in [0.25, 0.3) is 29.1 Å². The maximum Gasteiger partial charge on any atom is 0.277 e. The van der Waals surface area contributed by atoms with Crippen LogP contribution in [0.2, 0.25) is 0 Å². The van der Waals surface area contributed by atoms with Gasteiger partial charge in [0.2, 0.25) is 0 Å². The number of para-hydroxylation sites is 1. The topological polar surface area (TPSA) is 153 Å². The zero-order chi connectivity index (χ0) is 23.9. The molecule has 164 valence electrons. The Labute approximate surface area is 185 Å². The molecule has 0 unspecified atom stereocenters. The first-order valence-electron chi connectivity index (χ1n) is 9.51. The smallest absolute Gasteiger partial charge is 0.277 e. The molecule has 0 bridgehead atoms. The van der Waals surface area contributed by atoms with E-state index in [9.17, 15) is 34.6 Å². The van der Waals surface area contributed by atoms with Crippen molar-refractivity contribution < 1.29 is 24.2 Å². The van der Waals surface area contributed by atoms with E-state index in [0.29, 0.717) is 5.56 Å². The third-order valence-electron chi connectivity index (χ3n) is 5.09. The fourth-order valence-electron chi connectivity index (χ4n) is 3.58. The number of nitrogens with one attached hydrogen (secondary N) is 1. The van der Waals surface area contributed by atoms with Crippen LogP contribution in [-0.2, 0) is 0 Å². The number of imide groups is 1. The molecule has 0 aromatic heterocycles. The number of hydrogen-bond donors (Lipinski definition) is 1. The highest BCUT2D eigenvalue weighted by molar-refractivity contribution is 6.35. The molecule has 0 saturated heterocycles. The highest BCUT2D eigenvalue weighted by Gasteiger charge is 2.38. The van der Waals surface area contributed by atoms with E-state index in [4.69, 9.17) is 0 Å². The molecule has 3 aromatic carbocycles. The third-order valence-corrected chi connectivity index (χ3v) is 5.09. The van der Waals surface area contributed by atoms with E-state index in [-0.39, 0.29) is 28.1 Å². The molecule has 1 heterocycles. The lowest BCUT2D eigenvalue weighted by atomic mass is 10.1. The molecule has 0 aliphatic carbocycles. The van der Waals surface area contributed by atoms with Crippen molar-refractivity contribution in [2.75, 3.05) is 10.2 Å². The fraction of sp³-hybridized carbons (Fsp3) is 0.0455. The van der Waals surface area contributed by atoms with Crippen molar-refractivity contribution in [3.8, 4) is 0 Å². The van der Waals surface area contributed by atoms with Gasteiger partial charge in [-0.2, -0.15) is 0 Å². The van der Waals surface area contributed by atoms with E-state index in [0.717, 1.165) is 23.1 Å². The summed E-state index contributed by atoms with van der Waals surface area (Å²) in [7, 11) is 0. The number of aryl methyl sites for hydroxylation is 1. The van der Waals surface area contributed by atoms with E-state index < -0.39 is 38.9 Å². The molecule has 0 atom stereocenters. The molecule has 4 rings (SSSR count). The Bertz CT molecular complexity index is 1320. The van der Waals surface area contributed by atoms with Crippen LogP contribution in [0.4, 0.5) is 22.7 Å². The van der Waals surface area contributed by atoms with E-state index >= 15 is 0 Å². The minimum atomic E-state index is -0.884. The maximum absolute atomic E-state index is 12.9. The lowest BCUT2D eigenvalue weighted by molar-refractivity contribution is -0.394. The molecule has 11 nitrogen and oxygen atoms in total. The summed E-state index contributed by atoms with van der Waals surface area (Å²) in [5.74, 6) is -2.01. The number of amides is 3. The van der Waals surface area contributed by atoms with Crippen molar-refractivity contribution >= 4 is 40.5 Å². The van der Waals surface area contributed by atoms with Crippen LogP contribution in [0.3, 0.4) is 0 Å². The van der Waals surface area contributed by atoms with Gasteiger partial charge < -0.3 is 5.32 Å². The third kappa shape index (κ3) is 3.67. The van der Waals surface area contributed by atoms with Crippen molar-refractivity contribution in [1.29, 1.82) is 0 Å². The number of nitro groups is 2. The molecule has 3 amide bonds. The summed E-state index contributed by atoms with van der Waals surface area (Å²) in [5.41, 5.74) is -0.410. The summed E-state index contributed by atoms with van der Waals surface area (Å²) in [5, 5.41) is 24.8. The average molecular weight is 446 g/mol. The Morgan fingerprint density at radius 3 is 1.91 bits per heavy atom. The first-order chi connectivity index (χ1) is 15.7. The number of carbonyl (C=O) groups excluding carboxylic acids is 3.